The van der Waals surface area contributed by atoms with Crippen LogP contribution in [0.2, 0.25) is 5.02 Å². The molecule has 3 rings (SSSR count). The van der Waals surface area contributed by atoms with Crippen molar-refractivity contribution in [1.29, 1.82) is 0 Å². The van der Waals surface area contributed by atoms with Gasteiger partial charge in [-0.15, -0.1) is 0 Å². The van der Waals surface area contributed by atoms with E-state index in [1.807, 2.05) is 31.2 Å². The Kier molecular flexibility index (Phi) is 4.64. The number of benzene rings is 2. The molecule has 0 spiro atoms. The quantitative estimate of drug-likeness (QED) is 0.926. The summed E-state index contributed by atoms with van der Waals surface area (Å²) in [5.41, 5.74) is 1.84. The van der Waals surface area contributed by atoms with E-state index in [-0.39, 0.29) is 11.9 Å². The van der Waals surface area contributed by atoms with Crippen molar-refractivity contribution in [3.63, 3.8) is 0 Å². The van der Waals surface area contributed by atoms with Crippen molar-refractivity contribution in [3.05, 3.63) is 52.5 Å². The lowest BCUT2D eigenvalue weighted by molar-refractivity contribution is 0.154. The molecule has 23 heavy (non-hydrogen) atoms. The average Bonchev–Trinajstić information content (AvgIpc) is 2.66. The number of fused-ring (bicyclic) bond motifs is 1. The Labute approximate surface area is 141 Å². The lowest BCUT2D eigenvalue weighted by Crippen LogP contribution is -2.30. The van der Waals surface area contributed by atoms with Crippen molar-refractivity contribution in [2.75, 3.05) is 13.7 Å². The van der Waals surface area contributed by atoms with Crippen LogP contribution in [-0.2, 0) is 13.1 Å². The summed E-state index contributed by atoms with van der Waals surface area (Å²) in [7, 11) is 1.61. The first kappa shape index (κ1) is 16.0. The first-order valence-electron chi connectivity index (χ1n) is 7.59. The maximum Gasteiger partial charge on any atom is 0.127 e. The van der Waals surface area contributed by atoms with E-state index in [0.29, 0.717) is 23.9 Å². The molecule has 0 saturated heterocycles. The maximum atomic E-state index is 10.2. The van der Waals surface area contributed by atoms with Crippen molar-refractivity contribution in [2.24, 2.45) is 0 Å². The standard InChI is InChI=1S/C18H20ClNO3/c1-12-9-20(10-13-8-14(19)6-7-17(13)23-12)11-15-16(21)4-3-5-18(15)22-2/h3-8,12,21H,9-11H2,1-2H3. The Hall–Kier alpha value is -1.91. The SMILES string of the molecule is COc1cccc(O)c1CN1Cc2cc(Cl)ccc2OC(C)C1. The van der Waals surface area contributed by atoms with E-state index in [9.17, 15) is 5.11 Å². The average molecular weight is 334 g/mol. The Morgan fingerprint density at radius 3 is 2.96 bits per heavy atom. The van der Waals surface area contributed by atoms with Gasteiger partial charge < -0.3 is 14.6 Å². The van der Waals surface area contributed by atoms with E-state index < -0.39 is 0 Å². The van der Waals surface area contributed by atoms with Crippen molar-refractivity contribution in [3.8, 4) is 17.2 Å². The largest absolute Gasteiger partial charge is 0.507 e. The molecule has 5 heteroatoms. The van der Waals surface area contributed by atoms with Gasteiger partial charge in [-0.1, -0.05) is 17.7 Å². The number of ether oxygens (including phenoxy) is 2. The minimum absolute atomic E-state index is 0.0503. The number of phenols is 1. The third kappa shape index (κ3) is 3.54. The van der Waals surface area contributed by atoms with Crippen molar-refractivity contribution in [2.45, 2.75) is 26.1 Å². The summed E-state index contributed by atoms with van der Waals surface area (Å²) < 4.78 is 11.3. The van der Waals surface area contributed by atoms with Crippen LogP contribution in [0.5, 0.6) is 17.2 Å². The van der Waals surface area contributed by atoms with Gasteiger partial charge in [-0.25, -0.2) is 0 Å². The molecule has 0 aliphatic carbocycles. The van der Waals surface area contributed by atoms with Gasteiger partial charge in [0.05, 0.1) is 7.11 Å². The van der Waals surface area contributed by atoms with E-state index in [0.717, 1.165) is 23.4 Å². The number of methoxy groups -OCH3 is 1. The van der Waals surface area contributed by atoms with Crippen LogP contribution in [0.25, 0.3) is 0 Å². The molecule has 0 amide bonds. The number of hydrogen-bond donors (Lipinski definition) is 1. The second-order valence-electron chi connectivity index (χ2n) is 5.81. The van der Waals surface area contributed by atoms with Crippen molar-refractivity contribution < 1.29 is 14.6 Å². The molecule has 4 nitrogen and oxygen atoms in total. The summed E-state index contributed by atoms with van der Waals surface area (Å²) >= 11 is 6.11. The molecule has 2 aromatic carbocycles. The van der Waals surface area contributed by atoms with Crippen LogP contribution >= 0.6 is 11.6 Å². The zero-order valence-electron chi connectivity index (χ0n) is 13.3. The summed E-state index contributed by atoms with van der Waals surface area (Å²) in [6, 6.07) is 11.0. The number of aromatic hydroxyl groups is 1. The fourth-order valence-corrected chi connectivity index (χ4v) is 3.15. The third-order valence-corrected chi connectivity index (χ3v) is 4.20. The fourth-order valence-electron chi connectivity index (χ4n) is 2.96. The fraction of sp³-hybridized carbons (Fsp3) is 0.333. The molecule has 122 valence electrons. The molecule has 0 bridgehead atoms. The molecule has 1 aliphatic heterocycles. The predicted octanol–water partition coefficient (Wildman–Crippen LogP) is 3.84. The molecule has 0 aromatic heterocycles. The van der Waals surface area contributed by atoms with Gasteiger partial charge in [0.1, 0.15) is 23.4 Å². The molecule has 1 aliphatic rings. The normalized spacial score (nSPS) is 18.0. The van der Waals surface area contributed by atoms with Gasteiger partial charge in [0.15, 0.2) is 0 Å². The zero-order valence-corrected chi connectivity index (χ0v) is 14.0. The Balaban J connectivity index is 1.89. The lowest BCUT2D eigenvalue weighted by Gasteiger charge is -2.23. The molecule has 1 heterocycles. The highest BCUT2D eigenvalue weighted by Crippen LogP contribution is 2.32. The van der Waals surface area contributed by atoms with Gasteiger partial charge in [-0.2, -0.15) is 0 Å². The molecule has 1 atom stereocenters. The van der Waals surface area contributed by atoms with E-state index >= 15 is 0 Å². The highest BCUT2D eigenvalue weighted by Gasteiger charge is 2.22. The molecular formula is C18H20ClNO3. The van der Waals surface area contributed by atoms with Gasteiger partial charge in [0.2, 0.25) is 0 Å². The molecule has 1 N–H and O–H groups in total. The minimum atomic E-state index is 0.0503. The van der Waals surface area contributed by atoms with Gasteiger partial charge in [0.25, 0.3) is 0 Å². The minimum Gasteiger partial charge on any atom is -0.507 e. The van der Waals surface area contributed by atoms with Gasteiger partial charge in [0, 0.05) is 35.8 Å². The monoisotopic (exact) mass is 333 g/mol. The summed E-state index contributed by atoms with van der Waals surface area (Å²) in [5.74, 6) is 1.80. The summed E-state index contributed by atoms with van der Waals surface area (Å²) in [4.78, 5) is 2.23. The predicted molar refractivity (Wildman–Crippen MR) is 90.3 cm³/mol. The Morgan fingerprint density at radius 2 is 2.17 bits per heavy atom. The van der Waals surface area contributed by atoms with E-state index in [2.05, 4.69) is 4.90 Å². The van der Waals surface area contributed by atoms with Gasteiger partial charge >= 0.3 is 0 Å². The van der Waals surface area contributed by atoms with Crippen molar-refractivity contribution >= 4 is 11.6 Å². The van der Waals surface area contributed by atoms with Gasteiger partial charge in [-0.05, 0) is 37.3 Å². The second kappa shape index (κ2) is 6.69. The third-order valence-electron chi connectivity index (χ3n) is 3.97. The number of halogens is 1. The smallest absolute Gasteiger partial charge is 0.127 e. The summed E-state index contributed by atoms with van der Waals surface area (Å²) in [5, 5.41) is 10.9. The Bertz CT molecular complexity index is 705. The molecule has 0 fully saturated rings. The molecule has 2 aromatic rings. The molecule has 0 saturated carbocycles. The highest BCUT2D eigenvalue weighted by molar-refractivity contribution is 6.30. The molecule has 0 radical (unpaired) electrons. The van der Waals surface area contributed by atoms with Crippen LogP contribution in [0.1, 0.15) is 18.1 Å². The first-order valence-corrected chi connectivity index (χ1v) is 7.97. The van der Waals surface area contributed by atoms with Crippen LogP contribution in [0.3, 0.4) is 0 Å². The van der Waals surface area contributed by atoms with Crippen LogP contribution in [0, 0.1) is 0 Å². The molecular weight excluding hydrogens is 314 g/mol. The van der Waals surface area contributed by atoms with Crippen LogP contribution < -0.4 is 9.47 Å². The van der Waals surface area contributed by atoms with E-state index in [1.165, 1.54) is 0 Å². The van der Waals surface area contributed by atoms with Crippen LogP contribution in [0.4, 0.5) is 0 Å². The lowest BCUT2D eigenvalue weighted by atomic mass is 10.1. The molecule has 1 unspecified atom stereocenters. The number of nitrogens with zero attached hydrogens (tertiary/aromatic N) is 1. The first-order chi connectivity index (χ1) is 11.1. The maximum absolute atomic E-state index is 10.2. The van der Waals surface area contributed by atoms with Crippen molar-refractivity contribution in [1.82, 2.24) is 4.90 Å². The van der Waals surface area contributed by atoms with Gasteiger partial charge in [-0.3, -0.25) is 4.90 Å². The zero-order chi connectivity index (χ0) is 16.4. The van der Waals surface area contributed by atoms with Crippen LogP contribution in [-0.4, -0.2) is 29.8 Å². The highest BCUT2D eigenvalue weighted by atomic mass is 35.5. The Morgan fingerprint density at radius 1 is 1.35 bits per heavy atom. The summed E-state index contributed by atoms with van der Waals surface area (Å²) in [6.07, 6.45) is 0.0503. The summed E-state index contributed by atoms with van der Waals surface area (Å²) in [6.45, 7) is 4.08. The number of phenolic OH excluding ortho intramolecular Hbond substituents is 1. The number of rotatable bonds is 3. The van der Waals surface area contributed by atoms with Crippen LogP contribution in [0.15, 0.2) is 36.4 Å². The van der Waals surface area contributed by atoms with E-state index in [4.69, 9.17) is 21.1 Å². The second-order valence-corrected chi connectivity index (χ2v) is 6.24. The topological polar surface area (TPSA) is 41.9 Å². The van der Waals surface area contributed by atoms with E-state index in [1.54, 1.807) is 19.2 Å². The number of hydrogen-bond acceptors (Lipinski definition) is 4.